The molecule has 21 heavy (non-hydrogen) atoms. The van der Waals surface area contributed by atoms with E-state index in [0.29, 0.717) is 0 Å². The summed E-state index contributed by atoms with van der Waals surface area (Å²) in [6.45, 7) is 0. The van der Waals surface area contributed by atoms with E-state index in [9.17, 15) is 0 Å². The molecule has 0 aliphatic carbocycles. The Balaban J connectivity index is -0.000000000124. The van der Waals surface area contributed by atoms with Gasteiger partial charge in [-0.25, -0.2) is 0 Å². The molecule has 2 radical (unpaired) electrons. The standard InChI is InChI=1S/5CH4.4Ag.2Cd.6H2O.2O.2Zn/h5*1H4;;;;;;;6*1H2;;;;. The van der Waals surface area contributed by atoms with E-state index in [1.165, 1.54) is 0 Å². The van der Waals surface area contributed by atoms with Crippen molar-refractivity contribution in [2.45, 2.75) is 37.1 Å². The van der Waals surface area contributed by atoms with Crippen molar-refractivity contribution in [1.82, 2.24) is 0 Å². The fraction of sp³-hybridized carbons (Fsp3) is 1.00. The molecule has 0 unspecified atom stereocenters. The first-order valence-electron chi connectivity index (χ1n) is 0.246. The van der Waals surface area contributed by atoms with Crippen LogP contribution in [0.4, 0.5) is 0 Å². The van der Waals surface area contributed by atoms with Crippen LogP contribution in [0.5, 0.6) is 0 Å². The molecule has 0 spiro atoms. The Bertz CT molecular complexity index is 46.6. The first kappa shape index (κ1) is 310. The molecule has 0 aromatic carbocycles. The second kappa shape index (κ2) is 517. The fourth-order valence-electron chi connectivity index (χ4n) is 0. The van der Waals surface area contributed by atoms with E-state index in [1.807, 2.05) is 0 Å². The van der Waals surface area contributed by atoms with Gasteiger partial charge in [0.25, 0.3) is 0 Å². The van der Waals surface area contributed by atoms with Gasteiger partial charge in [-0.2, -0.15) is 0 Å². The molecule has 0 fully saturated rings. The maximum atomic E-state index is 8.06. The largest absolute Gasteiger partial charge is 0 e. The van der Waals surface area contributed by atoms with Gasteiger partial charge in [0.2, 0.25) is 0 Å². The van der Waals surface area contributed by atoms with Crippen LogP contribution < -0.4 is 0 Å². The molecule has 8 nitrogen and oxygen atoms in total. The molecule has 0 heterocycles. The van der Waals surface area contributed by atoms with Crippen molar-refractivity contribution in [3.63, 3.8) is 0 Å². The van der Waals surface area contributed by atoms with Gasteiger partial charge in [-0.15, -0.1) is 0 Å². The van der Waals surface area contributed by atoms with E-state index in [-0.39, 0.29) is 208 Å². The van der Waals surface area contributed by atoms with Gasteiger partial charge in [0.05, 0.1) is 0 Å². The number of hydrogen-bond donors (Lipinski definition) is 0. The summed E-state index contributed by atoms with van der Waals surface area (Å²) in [6.07, 6.45) is 0. The third kappa shape index (κ3) is 476. The Kier molecular flexibility index (Phi) is 7640. The molecule has 0 rings (SSSR count). The zero-order chi connectivity index (χ0) is 4.00. The minimum atomic E-state index is 0. The Labute approximate surface area is 252 Å². The summed E-state index contributed by atoms with van der Waals surface area (Å²) in [5.74, 6) is 0. The molecule has 12 N–H and O–H groups in total. The second-order valence-electron chi connectivity index (χ2n) is 0. The number of rotatable bonds is 0. The molecule has 0 atom stereocenters. The van der Waals surface area contributed by atoms with Crippen LogP contribution in [0.1, 0.15) is 37.1 Å². The van der Waals surface area contributed by atoms with Gasteiger partial charge in [-0.05, 0) is 0 Å². The number of hydrogen-bond acceptors (Lipinski definition) is 2. The Morgan fingerprint density at radius 3 is 0.381 bits per heavy atom. The summed E-state index contributed by atoms with van der Waals surface area (Å²) in [4.78, 5) is 0. The SMILES string of the molecule is C.C.C.C.C.O.O.O.O.O.O.[Ag].[Ag].[Cd].[Cd].[O]=[Ag].[O]=[Ag].[Zn].[Zn]. The molecule has 0 bridgehead atoms. The third-order valence-electron chi connectivity index (χ3n) is 0. The Hall–Kier alpha value is 5.41. The maximum Gasteiger partial charge on any atom is 0 e. The molecule has 0 aliphatic rings. The van der Waals surface area contributed by atoms with Gasteiger partial charge in [-0.3, -0.25) is 0 Å². The predicted octanol–water partition coefficient (Wildman–Crippen LogP) is -2.03. The molecular formula is C5H32Ag4Cd2O8Zn2. The maximum absolute atomic E-state index is 8.06. The normalized spacial score (nSPS) is 0.571. The monoisotopic (exact) mass is 1000 g/mol. The van der Waals surface area contributed by atoms with Gasteiger partial charge >= 0.3 is 48.6 Å². The zero-order valence-electron chi connectivity index (χ0n) is 7.85. The van der Waals surface area contributed by atoms with Gasteiger partial charge < -0.3 is 32.9 Å². The van der Waals surface area contributed by atoms with Crippen LogP contribution in [0, 0.1) is 0 Å². The summed E-state index contributed by atoms with van der Waals surface area (Å²) in [5.41, 5.74) is 0. The van der Waals surface area contributed by atoms with E-state index < -0.39 is 0 Å². The zero-order valence-corrected chi connectivity index (χ0v) is 27.8. The quantitative estimate of drug-likeness (QED) is 0.251. The van der Waals surface area contributed by atoms with Crippen molar-refractivity contribution in [2.24, 2.45) is 0 Å². The van der Waals surface area contributed by atoms with Crippen LogP contribution in [-0.2, 0) is 187 Å². The molecule has 0 aliphatic heterocycles. The van der Waals surface area contributed by atoms with Crippen LogP contribution in [0.3, 0.4) is 0 Å². The molecule has 0 amide bonds. The van der Waals surface area contributed by atoms with Crippen molar-refractivity contribution < 1.29 is 220 Å². The van der Waals surface area contributed by atoms with Crippen molar-refractivity contribution in [3.05, 3.63) is 0 Å². The molecule has 152 valence electrons. The van der Waals surface area contributed by atoms with Gasteiger partial charge in [-0.1, -0.05) is 37.1 Å². The van der Waals surface area contributed by atoms with Crippen LogP contribution in [0.2, 0.25) is 0 Å². The van der Waals surface area contributed by atoms with E-state index in [4.69, 9.17) is 6.50 Å². The van der Waals surface area contributed by atoms with Crippen molar-refractivity contribution in [3.8, 4) is 0 Å². The fourth-order valence-corrected chi connectivity index (χ4v) is 0. The van der Waals surface area contributed by atoms with Crippen molar-refractivity contribution in [1.29, 1.82) is 0 Å². The molecule has 0 aromatic rings. The first-order valence-corrected chi connectivity index (χ1v) is 1.46. The summed E-state index contributed by atoms with van der Waals surface area (Å²) in [5, 5.41) is 0. The van der Waals surface area contributed by atoms with Crippen LogP contribution in [-0.4, -0.2) is 32.9 Å². The minimum Gasteiger partial charge on any atom is 0 e. The molecule has 0 saturated carbocycles. The van der Waals surface area contributed by atoms with Crippen LogP contribution in [0.25, 0.3) is 0 Å². The first-order chi connectivity index (χ1) is 2.00. The summed E-state index contributed by atoms with van der Waals surface area (Å²) >= 11 is 3.40. The second-order valence-corrected chi connectivity index (χ2v) is 0. The summed E-state index contributed by atoms with van der Waals surface area (Å²) in [7, 11) is 0. The van der Waals surface area contributed by atoms with E-state index in [1.54, 1.807) is 42.1 Å². The minimum absolute atomic E-state index is 0. The van der Waals surface area contributed by atoms with E-state index in [2.05, 4.69) is 0 Å². The van der Waals surface area contributed by atoms with Crippen LogP contribution >= 0.6 is 0 Å². The molecule has 16 heteroatoms. The summed E-state index contributed by atoms with van der Waals surface area (Å²) < 4.78 is 16.1. The smallest absolute Gasteiger partial charge is 0 e. The molecule has 0 saturated heterocycles. The topological polar surface area (TPSA) is 223 Å². The van der Waals surface area contributed by atoms with E-state index in [0.717, 1.165) is 0 Å². The summed E-state index contributed by atoms with van der Waals surface area (Å²) in [6, 6.07) is 0. The van der Waals surface area contributed by atoms with Gasteiger partial charge in [0.15, 0.2) is 0 Å². The molecular weight excluding hydrogens is 975 g/mol. The van der Waals surface area contributed by atoms with Crippen molar-refractivity contribution >= 4 is 0 Å². The predicted molar refractivity (Wildman–Crippen MR) is 56.7 cm³/mol. The third-order valence-corrected chi connectivity index (χ3v) is 0. The average Bonchev–Trinajstić information content (AvgIpc) is 1.50. The van der Waals surface area contributed by atoms with E-state index >= 15 is 0 Å². The van der Waals surface area contributed by atoms with Gasteiger partial charge in [0, 0.05) is 138 Å². The Morgan fingerprint density at radius 1 is 0.381 bits per heavy atom. The van der Waals surface area contributed by atoms with Crippen molar-refractivity contribution in [2.75, 3.05) is 0 Å². The van der Waals surface area contributed by atoms with Crippen LogP contribution in [0.15, 0.2) is 0 Å². The Morgan fingerprint density at radius 2 is 0.381 bits per heavy atom. The van der Waals surface area contributed by atoms with Gasteiger partial charge in [0.1, 0.15) is 0 Å². The molecule has 0 aromatic heterocycles. The average molecular weight is 1010 g/mol.